The molecule has 1 N–H and O–H groups in total. The molecule has 1 saturated carbocycles. The van der Waals surface area contributed by atoms with Crippen molar-refractivity contribution in [3.63, 3.8) is 0 Å². The Balaban J connectivity index is 1.91. The van der Waals surface area contributed by atoms with E-state index in [1.54, 1.807) is 6.07 Å². The molecule has 0 saturated heterocycles. The van der Waals surface area contributed by atoms with Crippen LogP contribution in [0.15, 0.2) is 47.4 Å². The van der Waals surface area contributed by atoms with Crippen LogP contribution in [0.2, 0.25) is 5.02 Å². The van der Waals surface area contributed by atoms with Crippen LogP contribution in [0, 0.1) is 10.1 Å². The minimum Gasteiger partial charge on any atom is -0.379 e. The van der Waals surface area contributed by atoms with Gasteiger partial charge in [0, 0.05) is 23.2 Å². The van der Waals surface area contributed by atoms with Gasteiger partial charge in [-0.15, -0.1) is 0 Å². The number of hydrogen-bond acceptors (Lipinski definition) is 5. The highest BCUT2D eigenvalue weighted by Gasteiger charge is 2.44. The number of nitro benzene ring substituents is 1. The van der Waals surface area contributed by atoms with Crippen LogP contribution in [0.1, 0.15) is 18.4 Å². The fraction of sp³-hybridized carbons (Fsp3) is 0.294. The van der Waals surface area contributed by atoms with Gasteiger partial charge in [0.1, 0.15) is 10.6 Å². The number of sulfone groups is 1. The molecule has 1 aliphatic carbocycles. The third kappa shape index (κ3) is 3.62. The van der Waals surface area contributed by atoms with E-state index >= 15 is 0 Å². The lowest BCUT2D eigenvalue weighted by molar-refractivity contribution is -0.386. The molecule has 0 heterocycles. The Hall–Kier alpha value is -2.12. The molecular weight excluding hydrogens is 364 g/mol. The van der Waals surface area contributed by atoms with Crippen LogP contribution in [-0.2, 0) is 15.3 Å². The fourth-order valence-corrected chi connectivity index (χ4v) is 4.01. The highest BCUT2D eigenvalue weighted by Crippen LogP contribution is 2.49. The maximum atomic E-state index is 11.8. The summed E-state index contributed by atoms with van der Waals surface area (Å²) in [7, 11) is -3.70. The number of nitrogens with one attached hydrogen (secondary N) is 1. The average molecular weight is 381 g/mol. The molecule has 2 aromatic carbocycles. The Bertz CT molecular complexity index is 939. The molecule has 0 amide bonds. The second-order valence-electron chi connectivity index (χ2n) is 6.33. The summed E-state index contributed by atoms with van der Waals surface area (Å²) in [6.07, 6.45) is 2.85. The van der Waals surface area contributed by atoms with E-state index in [1.807, 2.05) is 18.2 Å². The zero-order valence-corrected chi connectivity index (χ0v) is 15.1. The predicted molar refractivity (Wildman–Crippen MR) is 97.1 cm³/mol. The molecule has 3 rings (SSSR count). The SMILES string of the molecule is CS(=O)(=O)c1cccc(NCC2(c3cccc(Cl)c3)CC2)c1[N+](=O)[O-]. The summed E-state index contributed by atoms with van der Waals surface area (Å²) in [6.45, 7) is 0.474. The minimum absolute atomic E-state index is 0.125. The van der Waals surface area contributed by atoms with Crippen LogP contribution in [0.5, 0.6) is 0 Å². The zero-order chi connectivity index (χ0) is 18.2. The number of benzene rings is 2. The van der Waals surface area contributed by atoms with E-state index in [9.17, 15) is 18.5 Å². The standard InChI is InChI=1S/C17H17ClN2O4S/c1-25(23,24)15-7-3-6-14(16(15)20(21)22)19-11-17(8-9-17)12-4-2-5-13(18)10-12/h2-7,10,19H,8-9,11H2,1H3. The molecule has 6 nitrogen and oxygen atoms in total. The van der Waals surface area contributed by atoms with Crippen molar-refractivity contribution >= 4 is 32.8 Å². The molecule has 0 unspecified atom stereocenters. The monoisotopic (exact) mass is 380 g/mol. The van der Waals surface area contributed by atoms with Crippen molar-refractivity contribution in [2.24, 2.45) is 0 Å². The third-order valence-corrected chi connectivity index (χ3v) is 5.85. The summed E-state index contributed by atoms with van der Waals surface area (Å²) >= 11 is 6.06. The van der Waals surface area contributed by atoms with Crippen molar-refractivity contribution in [3.05, 3.63) is 63.2 Å². The van der Waals surface area contributed by atoms with Gasteiger partial charge in [0.15, 0.2) is 9.84 Å². The van der Waals surface area contributed by atoms with Crippen molar-refractivity contribution in [1.29, 1.82) is 0 Å². The number of para-hydroxylation sites is 1. The van der Waals surface area contributed by atoms with Crippen LogP contribution < -0.4 is 5.32 Å². The first kappa shape index (κ1) is 17.7. The van der Waals surface area contributed by atoms with Crippen LogP contribution in [0.25, 0.3) is 0 Å². The lowest BCUT2D eigenvalue weighted by Crippen LogP contribution is -2.20. The van der Waals surface area contributed by atoms with Crippen molar-refractivity contribution in [2.45, 2.75) is 23.2 Å². The zero-order valence-electron chi connectivity index (χ0n) is 13.5. The molecule has 0 bridgehead atoms. The largest absolute Gasteiger partial charge is 0.379 e. The fourth-order valence-electron chi connectivity index (χ4n) is 2.95. The van der Waals surface area contributed by atoms with Gasteiger partial charge in [0.25, 0.3) is 0 Å². The van der Waals surface area contributed by atoms with Crippen LogP contribution in [0.4, 0.5) is 11.4 Å². The lowest BCUT2D eigenvalue weighted by Gasteiger charge is -2.18. The van der Waals surface area contributed by atoms with E-state index in [1.165, 1.54) is 18.2 Å². The Kier molecular flexibility index (Phi) is 4.47. The molecule has 0 radical (unpaired) electrons. The number of anilines is 1. The average Bonchev–Trinajstić information content (AvgIpc) is 3.33. The normalized spacial score (nSPS) is 15.6. The molecule has 2 aromatic rings. The van der Waals surface area contributed by atoms with Crippen molar-refractivity contribution < 1.29 is 13.3 Å². The van der Waals surface area contributed by atoms with Crippen LogP contribution >= 0.6 is 11.6 Å². The van der Waals surface area contributed by atoms with Gasteiger partial charge in [-0.1, -0.05) is 29.8 Å². The number of hydrogen-bond donors (Lipinski definition) is 1. The van der Waals surface area contributed by atoms with E-state index in [0.717, 1.165) is 24.7 Å². The van der Waals surface area contributed by atoms with Gasteiger partial charge < -0.3 is 5.32 Å². The number of halogens is 1. The molecule has 8 heteroatoms. The highest BCUT2D eigenvalue weighted by molar-refractivity contribution is 7.90. The predicted octanol–water partition coefficient (Wildman–Crippen LogP) is 3.80. The molecule has 1 fully saturated rings. The smallest absolute Gasteiger partial charge is 0.310 e. The second-order valence-corrected chi connectivity index (χ2v) is 8.75. The molecular formula is C17H17ClN2O4S. The molecule has 0 atom stereocenters. The molecule has 132 valence electrons. The Morgan fingerprint density at radius 3 is 2.48 bits per heavy atom. The van der Waals surface area contributed by atoms with E-state index in [-0.39, 0.29) is 16.0 Å². The molecule has 0 aromatic heterocycles. The third-order valence-electron chi connectivity index (χ3n) is 4.49. The number of rotatable bonds is 6. The summed E-state index contributed by atoms with van der Waals surface area (Å²) in [4.78, 5) is 10.5. The van der Waals surface area contributed by atoms with Gasteiger partial charge in [-0.25, -0.2) is 8.42 Å². The second kappa shape index (κ2) is 6.31. The van der Waals surface area contributed by atoms with E-state index in [4.69, 9.17) is 11.6 Å². The van der Waals surface area contributed by atoms with Crippen LogP contribution in [-0.4, -0.2) is 26.1 Å². The molecule has 25 heavy (non-hydrogen) atoms. The van der Waals surface area contributed by atoms with Gasteiger partial charge in [0.05, 0.1) is 4.92 Å². The van der Waals surface area contributed by atoms with Gasteiger partial charge in [-0.3, -0.25) is 10.1 Å². The Morgan fingerprint density at radius 1 is 1.24 bits per heavy atom. The number of nitrogens with zero attached hydrogens (tertiary/aromatic N) is 1. The van der Waals surface area contributed by atoms with E-state index in [0.29, 0.717) is 11.6 Å². The van der Waals surface area contributed by atoms with Gasteiger partial charge in [-0.2, -0.15) is 0 Å². The molecule has 0 spiro atoms. The van der Waals surface area contributed by atoms with Crippen molar-refractivity contribution in [2.75, 3.05) is 18.1 Å². The summed E-state index contributed by atoms with van der Waals surface area (Å²) in [6, 6.07) is 11.9. The quantitative estimate of drug-likeness (QED) is 0.608. The van der Waals surface area contributed by atoms with E-state index < -0.39 is 20.4 Å². The summed E-state index contributed by atoms with van der Waals surface area (Å²) in [5.74, 6) is 0. The first-order valence-electron chi connectivity index (χ1n) is 7.70. The first-order valence-corrected chi connectivity index (χ1v) is 9.97. The summed E-state index contributed by atoms with van der Waals surface area (Å²) in [5.41, 5.74) is 0.752. The Morgan fingerprint density at radius 2 is 1.92 bits per heavy atom. The van der Waals surface area contributed by atoms with Crippen LogP contribution in [0.3, 0.4) is 0 Å². The maximum Gasteiger partial charge on any atom is 0.310 e. The van der Waals surface area contributed by atoms with Crippen molar-refractivity contribution in [1.82, 2.24) is 0 Å². The highest BCUT2D eigenvalue weighted by atomic mass is 35.5. The van der Waals surface area contributed by atoms with E-state index in [2.05, 4.69) is 5.32 Å². The lowest BCUT2D eigenvalue weighted by atomic mass is 9.96. The van der Waals surface area contributed by atoms with Gasteiger partial charge in [-0.05, 0) is 42.7 Å². The van der Waals surface area contributed by atoms with Gasteiger partial charge >= 0.3 is 5.69 Å². The number of nitro groups is 1. The van der Waals surface area contributed by atoms with Gasteiger partial charge in [0.2, 0.25) is 0 Å². The Labute approximate surface area is 150 Å². The minimum atomic E-state index is -3.70. The van der Waals surface area contributed by atoms with Crippen molar-refractivity contribution in [3.8, 4) is 0 Å². The maximum absolute atomic E-state index is 11.8. The molecule has 0 aliphatic heterocycles. The summed E-state index contributed by atoms with van der Waals surface area (Å²) in [5, 5.41) is 15.2. The summed E-state index contributed by atoms with van der Waals surface area (Å²) < 4.78 is 23.7. The molecule has 1 aliphatic rings. The first-order chi connectivity index (χ1) is 11.7. The topological polar surface area (TPSA) is 89.3 Å².